The van der Waals surface area contributed by atoms with Crippen LogP contribution in [0.5, 0.6) is 0 Å². The lowest BCUT2D eigenvalue weighted by Crippen LogP contribution is -2.35. The minimum atomic E-state index is -3.43. The maximum absolute atomic E-state index is 11.4. The maximum atomic E-state index is 11.4. The normalized spacial score (nSPS) is 21.9. The smallest absolute Gasteiger partial charge is 0.304 e. The van der Waals surface area contributed by atoms with E-state index in [9.17, 15) is 13.2 Å². The van der Waals surface area contributed by atoms with Crippen molar-refractivity contribution in [2.45, 2.75) is 11.7 Å². The number of nitrogens with one attached hydrogen (secondary N) is 1. The molecule has 0 spiro atoms. The number of hydrogen-bond acceptors (Lipinski definition) is 5. The molecule has 0 radical (unpaired) electrons. The number of carbonyl (C=O) groups is 1. The monoisotopic (exact) mass is 285 g/mol. The molecule has 0 amide bonds. The summed E-state index contributed by atoms with van der Waals surface area (Å²) in [5.74, 6) is 1.69. The first-order chi connectivity index (χ1) is 7.49. The summed E-state index contributed by atoms with van der Waals surface area (Å²) in [7, 11) is -3.43. The zero-order valence-corrected chi connectivity index (χ0v) is 11.2. The first kappa shape index (κ1) is 14.1. The van der Waals surface area contributed by atoms with Crippen molar-refractivity contribution in [1.29, 1.82) is 0 Å². The summed E-state index contributed by atoms with van der Waals surface area (Å²) in [5, 5.41) is 8.70. The zero-order valence-electron chi connectivity index (χ0n) is 8.72. The van der Waals surface area contributed by atoms with E-state index in [4.69, 9.17) is 5.11 Å². The third kappa shape index (κ3) is 5.97. The second kappa shape index (κ2) is 6.73. The SMILES string of the molecule is O=C(O)CCS(=O)(=O)NCC1CSCCS1. The summed E-state index contributed by atoms with van der Waals surface area (Å²) in [6.07, 6.45) is -0.345. The van der Waals surface area contributed by atoms with Gasteiger partial charge in [-0.05, 0) is 0 Å². The summed E-state index contributed by atoms with van der Waals surface area (Å²) in [6, 6.07) is 0. The molecule has 5 nitrogen and oxygen atoms in total. The molecular formula is C8H15NO4S3. The average molecular weight is 285 g/mol. The highest BCUT2D eigenvalue weighted by Crippen LogP contribution is 2.23. The van der Waals surface area contributed by atoms with Crippen LogP contribution in [0.25, 0.3) is 0 Å². The van der Waals surface area contributed by atoms with Gasteiger partial charge in [0.25, 0.3) is 0 Å². The number of thioether (sulfide) groups is 2. The van der Waals surface area contributed by atoms with E-state index in [1.807, 2.05) is 11.8 Å². The van der Waals surface area contributed by atoms with Crippen LogP contribution in [0.3, 0.4) is 0 Å². The van der Waals surface area contributed by atoms with Crippen LogP contribution in [-0.2, 0) is 14.8 Å². The van der Waals surface area contributed by atoms with Gasteiger partial charge < -0.3 is 5.11 Å². The Labute approximate surface area is 104 Å². The van der Waals surface area contributed by atoms with E-state index < -0.39 is 16.0 Å². The number of hydrogen-bond donors (Lipinski definition) is 2. The minimum absolute atomic E-state index is 0.304. The van der Waals surface area contributed by atoms with Gasteiger partial charge in [-0.15, -0.1) is 0 Å². The van der Waals surface area contributed by atoms with Crippen molar-refractivity contribution in [1.82, 2.24) is 4.72 Å². The lowest BCUT2D eigenvalue weighted by atomic mass is 10.5. The Morgan fingerprint density at radius 1 is 1.44 bits per heavy atom. The van der Waals surface area contributed by atoms with Gasteiger partial charge in [0, 0.05) is 29.1 Å². The molecule has 1 aliphatic heterocycles. The van der Waals surface area contributed by atoms with Crippen LogP contribution in [0.2, 0.25) is 0 Å². The van der Waals surface area contributed by atoms with E-state index in [0.29, 0.717) is 11.8 Å². The van der Waals surface area contributed by atoms with Crippen molar-refractivity contribution in [2.24, 2.45) is 0 Å². The molecule has 1 atom stereocenters. The Kier molecular flexibility index (Phi) is 5.95. The van der Waals surface area contributed by atoms with E-state index in [0.717, 1.165) is 17.3 Å². The Morgan fingerprint density at radius 3 is 2.75 bits per heavy atom. The van der Waals surface area contributed by atoms with Crippen LogP contribution in [0, 0.1) is 0 Å². The van der Waals surface area contributed by atoms with Gasteiger partial charge >= 0.3 is 5.97 Å². The molecule has 2 N–H and O–H groups in total. The van der Waals surface area contributed by atoms with Crippen LogP contribution in [0.1, 0.15) is 6.42 Å². The predicted octanol–water partition coefficient (Wildman–Crippen LogP) is 0.229. The molecule has 0 aromatic heterocycles. The van der Waals surface area contributed by atoms with Gasteiger partial charge in [-0.2, -0.15) is 23.5 Å². The third-order valence-corrected chi connectivity index (χ3v) is 6.19. The highest BCUT2D eigenvalue weighted by atomic mass is 32.2. The van der Waals surface area contributed by atoms with E-state index in [-0.39, 0.29) is 12.2 Å². The van der Waals surface area contributed by atoms with Gasteiger partial charge in [0.2, 0.25) is 10.0 Å². The van der Waals surface area contributed by atoms with E-state index in [1.54, 1.807) is 11.8 Å². The molecule has 1 saturated heterocycles. The van der Waals surface area contributed by atoms with Gasteiger partial charge in [0.15, 0.2) is 0 Å². The second-order valence-electron chi connectivity index (χ2n) is 3.38. The first-order valence-electron chi connectivity index (χ1n) is 4.88. The molecule has 8 heteroatoms. The Balaban J connectivity index is 2.26. The maximum Gasteiger partial charge on any atom is 0.304 e. The molecule has 1 fully saturated rings. The zero-order chi connectivity index (χ0) is 12.0. The third-order valence-electron chi connectivity index (χ3n) is 2.00. The summed E-state index contributed by atoms with van der Waals surface area (Å²) in [5.41, 5.74) is 0. The average Bonchev–Trinajstić information content (AvgIpc) is 2.26. The molecule has 16 heavy (non-hydrogen) atoms. The Hall–Kier alpha value is 0.0800. The van der Waals surface area contributed by atoms with Crippen LogP contribution in [0.15, 0.2) is 0 Å². The van der Waals surface area contributed by atoms with Crippen LogP contribution in [0.4, 0.5) is 0 Å². The topological polar surface area (TPSA) is 83.5 Å². The Morgan fingerprint density at radius 2 is 2.19 bits per heavy atom. The lowest BCUT2D eigenvalue weighted by Gasteiger charge is -2.20. The molecule has 0 aromatic carbocycles. The largest absolute Gasteiger partial charge is 0.481 e. The quantitative estimate of drug-likeness (QED) is 0.727. The number of sulfonamides is 1. The molecule has 1 aliphatic rings. The summed E-state index contributed by atoms with van der Waals surface area (Å²) in [6.45, 7) is 0.402. The lowest BCUT2D eigenvalue weighted by molar-refractivity contribution is -0.136. The number of rotatable bonds is 6. The van der Waals surface area contributed by atoms with Crippen molar-refractivity contribution >= 4 is 39.5 Å². The first-order valence-corrected chi connectivity index (χ1v) is 8.73. The molecule has 1 unspecified atom stereocenters. The fourth-order valence-electron chi connectivity index (χ4n) is 1.17. The second-order valence-corrected chi connectivity index (χ2v) is 7.86. The summed E-state index contributed by atoms with van der Waals surface area (Å²) in [4.78, 5) is 10.3. The molecule has 0 bridgehead atoms. The van der Waals surface area contributed by atoms with Gasteiger partial charge in [-0.1, -0.05) is 0 Å². The van der Waals surface area contributed by atoms with Crippen LogP contribution < -0.4 is 4.72 Å². The van der Waals surface area contributed by atoms with Crippen molar-refractivity contribution in [3.63, 3.8) is 0 Å². The van der Waals surface area contributed by atoms with Crippen molar-refractivity contribution < 1.29 is 18.3 Å². The van der Waals surface area contributed by atoms with Crippen LogP contribution in [-0.4, -0.2) is 54.3 Å². The number of carboxylic acid groups (broad SMARTS) is 1. The molecule has 0 aromatic rings. The number of carboxylic acids is 1. The minimum Gasteiger partial charge on any atom is -0.481 e. The summed E-state index contributed by atoms with van der Waals surface area (Å²) < 4.78 is 25.2. The van der Waals surface area contributed by atoms with E-state index in [1.165, 1.54) is 0 Å². The predicted molar refractivity (Wildman–Crippen MR) is 67.6 cm³/mol. The van der Waals surface area contributed by atoms with Gasteiger partial charge in [0.05, 0.1) is 12.2 Å². The molecule has 1 heterocycles. The van der Waals surface area contributed by atoms with Crippen molar-refractivity contribution in [3.05, 3.63) is 0 Å². The van der Waals surface area contributed by atoms with E-state index in [2.05, 4.69) is 4.72 Å². The number of aliphatic carboxylic acids is 1. The van der Waals surface area contributed by atoms with Crippen molar-refractivity contribution in [2.75, 3.05) is 29.6 Å². The van der Waals surface area contributed by atoms with Gasteiger partial charge in [-0.3, -0.25) is 4.79 Å². The van der Waals surface area contributed by atoms with Crippen molar-refractivity contribution in [3.8, 4) is 0 Å². The fraction of sp³-hybridized carbons (Fsp3) is 0.875. The molecule has 0 saturated carbocycles. The standard InChI is InChI=1S/C8H15NO4S3/c10-8(11)1-4-16(12,13)9-5-7-6-14-2-3-15-7/h7,9H,1-6H2,(H,10,11). The van der Waals surface area contributed by atoms with Gasteiger partial charge in [0.1, 0.15) is 0 Å². The molecule has 94 valence electrons. The highest BCUT2D eigenvalue weighted by Gasteiger charge is 2.18. The Bertz CT molecular complexity index is 324. The highest BCUT2D eigenvalue weighted by molar-refractivity contribution is 8.06. The van der Waals surface area contributed by atoms with Crippen LogP contribution >= 0.6 is 23.5 Å². The molecular weight excluding hydrogens is 270 g/mol. The van der Waals surface area contributed by atoms with E-state index >= 15 is 0 Å². The van der Waals surface area contributed by atoms with Gasteiger partial charge in [-0.25, -0.2) is 13.1 Å². The molecule has 0 aliphatic carbocycles. The molecule has 1 rings (SSSR count). The fourth-order valence-corrected chi connectivity index (χ4v) is 4.93. The summed E-state index contributed by atoms with van der Waals surface area (Å²) >= 11 is 3.59.